The van der Waals surface area contributed by atoms with Gasteiger partial charge in [0, 0.05) is 25.7 Å². The summed E-state index contributed by atoms with van der Waals surface area (Å²) < 4.78 is 62.8. The van der Waals surface area contributed by atoms with Crippen LogP contribution in [0.3, 0.4) is 0 Å². The van der Waals surface area contributed by atoms with E-state index >= 15 is 0 Å². The van der Waals surface area contributed by atoms with Crippen molar-refractivity contribution in [1.29, 1.82) is 0 Å². The fraction of sp³-hybridized carbons (Fsp3) is 0.455. The second-order valence-electron chi connectivity index (χ2n) is 7.95. The van der Waals surface area contributed by atoms with Gasteiger partial charge in [-0.3, -0.25) is 9.59 Å². The number of halogens is 3. The number of hydrogen-bond donors (Lipinski definition) is 2. The quantitative estimate of drug-likeness (QED) is 0.614. The average molecular weight is 470 g/mol. The second kappa shape index (κ2) is 9.94. The molecule has 0 spiro atoms. The summed E-state index contributed by atoms with van der Waals surface area (Å²) in [5.41, 5.74) is 1.33. The van der Waals surface area contributed by atoms with E-state index in [-0.39, 0.29) is 23.8 Å². The van der Waals surface area contributed by atoms with Crippen LogP contribution < -0.4 is 16.0 Å². The molecule has 33 heavy (non-hydrogen) atoms. The number of hydrogen-bond acceptors (Lipinski definition) is 6. The summed E-state index contributed by atoms with van der Waals surface area (Å²) in [6.07, 6.45) is -4.51. The molecule has 8 nitrogen and oxygen atoms in total. The molecule has 2 aromatic rings. The first-order valence-corrected chi connectivity index (χ1v) is 10.1. The van der Waals surface area contributed by atoms with Crippen molar-refractivity contribution in [1.82, 2.24) is 4.98 Å². The van der Waals surface area contributed by atoms with Crippen LogP contribution in [0, 0.1) is 0 Å². The standard InChI is InChI=1S/C22H25F3N2O6/c1-21(7-8-30-2)12-31-10-15(33-21)11-32-14-5-3-13(4-6-14)16-9-17(19(26)28)20(29)27-18(16)22(23,24)25/h3-6,9,15H,7-8,10-12H2,1-2H3,(H2,26,28)(H,27,29)/t15-,21-/m0/s1. The van der Waals surface area contributed by atoms with Crippen LogP contribution in [0.1, 0.15) is 29.4 Å². The first-order chi connectivity index (χ1) is 15.5. The van der Waals surface area contributed by atoms with Gasteiger partial charge < -0.3 is 29.7 Å². The maximum atomic E-state index is 13.4. The zero-order valence-corrected chi connectivity index (χ0v) is 18.2. The zero-order valence-electron chi connectivity index (χ0n) is 18.2. The number of primary amides is 1. The summed E-state index contributed by atoms with van der Waals surface area (Å²) in [6, 6.07) is 6.60. The summed E-state index contributed by atoms with van der Waals surface area (Å²) in [5, 5.41) is 0. The normalized spacial score (nSPS) is 21.1. The van der Waals surface area contributed by atoms with Gasteiger partial charge in [-0.2, -0.15) is 13.2 Å². The van der Waals surface area contributed by atoms with Crippen LogP contribution in [0.25, 0.3) is 11.1 Å². The number of nitrogens with two attached hydrogens (primary N) is 1. The Morgan fingerprint density at radius 1 is 1.30 bits per heavy atom. The molecule has 1 aromatic heterocycles. The van der Waals surface area contributed by atoms with Crippen molar-refractivity contribution in [3.05, 3.63) is 51.9 Å². The summed E-state index contributed by atoms with van der Waals surface area (Å²) in [6.45, 7) is 3.42. The highest BCUT2D eigenvalue weighted by atomic mass is 19.4. The molecule has 0 saturated carbocycles. The third kappa shape index (κ3) is 6.12. The monoisotopic (exact) mass is 470 g/mol. The van der Waals surface area contributed by atoms with Crippen molar-refractivity contribution < 1.29 is 36.9 Å². The lowest BCUT2D eigenvalue weighted by atomic mass is 10.0. The molecule has 3 rings (SSSR count). The van der Waals surface area contributed by atoms with E-state index in [1.54, 1.807) is 12.1 Å². The van der Waals surface area contributed by atoms with Crippen molar-refractivity contribution in [2.45, 2.75) is 31.2 Å². The maximum absolute atomic E-state index is 13.4. The molecular weight excluding hydrogens is 445 g/mol. The first-order valence-electron chi connectivity index (χ1n) is 10.1. The Morgan fingerprint density at radius 3 is 2.61 bits per heavy atom. The van der Waals surface area contributed by atoms with Crippen molar-refractivity contribution in [3.8, 4) is 16.9 Å². The largest absolute Gasteiger partial charge is 0.491 e. The molecule has 1 aliphatic rings. The predicted molar refractivity (Wildman–Crippen MR) is 112 cm³/mol. The number of benzene rings is 1. The topological polar surface area (TPSA) is 113 Å². The Kier molecular flexibility index (Phi) is 7.45. The number of nitrogens with one attached hydrogen (secondary N) is 1. The van der Waals surface area contributed by atoms with Gasteiger partial charge in [0.25, 0.3) is 11.5 Å². The molecule has 0 radical (unpaired) electrons. The Bertz CT molecular complexity index is 1040. The van der Waals surface area contributed by atoms with Crippen LogP contribution in [0.15, 0.2) is 35.1 Å². The molecule has 1 aromatic carbocycles. The van der Waals surface area contributed by atoms with E-state index in [2.05, 4.69) is 0 Å². The fourth-order valence-electron chi connectivity index (χ4n) is 3.49. The van der Waals surface area contributed by atoms with Gasteiger partial charge >= 0.3 is 6.18 Å². The van der Waals surface area contributed by atoms with Crippen molar-refractivity contribution in [2.24, 2.45) is 5.73 Å². The van der Waals surface area contributed by atoms with Crippen LogP contribution in [0.2, 0.25) is 0 Å². The van der Waals surface area contributed by atoms with Crippen molar-refractivity contribution in [2.75, 3.05) is 33.5 Å². The summed E-state index contributed by atoms with van der Waals surface area (Å²) in [4.78, 5) is 24.9. The third-order valence-electron chi connectivity index (χ3n) is 5.19. The lowest BCUT2D eigenvalue weighted by Gasteiger charge is -2.38. The van der Waals surface area contributed by atoms with E-state index in [1.807, 2.05) is 6.92 Å². The van der Waals surface area contributed by atoms with E-state index in [0.29, 0.717) is 32.0 Å². The number of methoxy groups -OCH3 is 1. The Hall–Kier alpha value is -2.89. The van der Waals surface area contributed by atoms with Gasteiger partial charge in [-0.1, -0.05) is 12.1 Å². The minimum Gasteiger partial charge on any atom is -0.491 e. The molecule has 2 heterocycles. The highest BCUT2D eigenvalue weighted by molar-refractivity contribution is 5.94. The molecular formula is C22H25F3N2O6. The molecule has 0 unspecified atom stereocenters. The molecule has 3 N–H and O–H groups in total. The molecule has 2 atom stereocenters. The van der Waals surface area contributed by atoms with Gasteiger partial charge in [-0.15, -0.1) is 0 Å². The molecule has 1 aliphatic heterocycles. The highest BCUT2D eigenvalue weighted by Crippen LogP contribution is 2.36. The number of amides is 1. The summed E-state index contributed by atoms with van der Waals surface area (Å²) >= 11 is 0. The molecule has 11 heteroatoms. The summed E-state index contributed by atoms with van der Waals surface area (Å²) in [7, 11) is 1.61. The van der Waals surface area contributed by atoms with Gasteiger partial charge in [-0.25, -0.2) is 0 Å². The van der Waals surface area contributed by atoms with Gasteiger partial charge in [0.15, 0.2) is 0 Å². The Balaban J connectivity index is 1.75. The van der Waals surface area contributed by atoms with Crippen molar-refractivity contribution in [3.63, 3.8) is 0 Å². The van der Waals surface area contributed by atoms with Gasteiger partial charge in [0.2, 0.25) is 0 Å². The minimum absolute atomic E-state index is 0.123. The van der Waals surface area contributed by atoms with Crippen LogP contribution >= 0.6 is 0 Å². The summed E-state index contributed by atoms with van der Waals surface area (Å²) in [5.74, 6) is -0.724. The number of H-pyrrole nitrogens is 1. The van der Waals surface area contributed by atoms with E-state index in [9.17, 15) is 22.8 Å². The van der Waals surface area contributed by atoms with Crippen LogP contribution in [-0.2, 0) is 20.4 Å². The van der Waals surface area contributed by atoms with Crippen LogP contribution in [0.4, 0.5) is 13.2 Å². The zero-order chi connectivity index (χ0) is 24.2. The molecule has 0 aliphatic carbocycles. The van der Waals surface area contributed by atoms with Crippen LogP contribution in [-0.4, -0.2) is 56.1 Å². The fourth-order valence-corrected chi connectivity index (χ4v) is 3.49. The molecule has 180 valence electrons. The number of aromatic amines is 1. The lowest BCUT2D eigenvalue weighted by molar-refractivity contribution is -0.203. The molecule has 0 bridgehead atoms. The first kappa shape index (κ1) is 24.7. The van der Waals surface area contributed by atoms with Gasteiger partial charge in [0.1, 0.15) is 29.7 Å². The number of aromatic nitrogens is 1. The molecule has 1 amide bonds. The van der Waals surface area contributed by atoms with Gasteiger partial charge in [-0.05, 0) is 30.7 Å². The number of alkyl halides is 3. The Morgan fingerprint density at radius 2 is 2.00 bits per heavy atom. The number of carbonyl (C=O) groups is 1. The predicted octanol–water partition coefficient (Wildman–Crippen LogP) is 2.75. The number of ether oxygens (including phenoxy) is 4. The SMILES string of the molecule is COCC[C@@]1(C)COC[C@@H](COc2ccc(-c3cc(C(N)=O)c(=O)[nH]c3C(F)(F)F)cc2)O1. The van der Waals surface area contributed by atoms with E-state index < -0.39 is 34.5 Å². The van der Waals surface area contributed by atoms with Crippen LogP contribution in [0.5, 0.6) is 5.75 Å². The van der Waals surface area contributed by atoms with Gasteiger partial charge in [0.05, 0.1) is 18.8 Å². The highest BCUT2D eigenvalue weighted by Gasteiger charge is 2.36. The number of rotatable bonds is 8. The number of carbonyl (C=O) groups excluding carboxylic acids is 1. The second-order valence-corrected chi connectivity index (χ2v) is 7.95. The third-order valence-corrected chi connectivity index (χ3v) is 5.19. The smallest absolute Gasteiger partial charge is 0.431 e. The van der Waals surface area contributed by atoms with E-state index in [0.717, 1.165) is 6.07 Å². The minimum atomic E-state index is -4.84. The average Bonchev–Trinajstić information content (AvgIpc) is 2.76. The van der Waals surface area contributed by atoms with E-state index in [4.69, 9.17) is 24.7 Å². The molecule has 1 fully saturated rings. The lowest BCUT2D eigenvalue weighted by Crippen LogP contribution is -2.48. The van der Waals surface area contributed by atoms with Crippen molar-refractivity contribution >= 4 is 5.91 Å². The Labute approximate surface area is 187 Å². The van der Waals surface area contributed by atoms with E-state index in [1.165, 1.54) is 24.3 Å². The maximum Gasteiger partial charge on any atom is 0.431 e. The number of pyridine rings is 1. The molecule has 1 saturated heterocycles.